The molecule has 0 saturated heterocycles. The van der Waals surface area contributed by atoms with Gasteiger partial charge in [-0.05, 0) is 31.0 Å². The molecule has 0 aliphatic rings. The summed E-state index contributed by atoms with van der Waals surface area (Å²) in [6, 6.07) is 7.64. The molecule has 1 aromatic heterocycles. The second-order valence-electron chi connectivity index (χ2n) is 5.03. The van der Waals surface area contributed by atoms with Crippen LogP contribution in [-0.4, -0.2) is 28.6 Å². The standard InChI is InChI=1S/C16H20ClF2N5/c1-2-20-16(22-7-6-12-4-3-5-13(17)10-12)23-11-14-21-8-9-24(14)15(18)19/h3-5,8-10,15H,2,6-7,11H2,1H3,(H2,20,22,23). The van der Waals surface area contributed by atoms with Gasteiger partial charge in [0.25, 0.3) is 0 Å². The topological polar surface area (TPSA) is 54.2 Å². The third-order valence-electron chi connectivity index (χ3n) is 3.28. The van der Waals surface area contributed by atoms with E-state index in [9.17, 15) is 8.78 Å². The zero-order valence-electron chi connectivity index (χ0n) is 13.3. The van der Waals surface area contributed by atoms with Crippen LogP contribution in [0.3, 0.4) is 0 Å². The third-order valence-corrected chi connectivity index (χ3v) is 3.51. The minimum Gasteiger partial charge on any atom is -0.357 e. The van der Waals surface area contributed by atoms with Gasteiger partial charge in [0.15, 0.2) is 5.96 Å². The molecule has 0 atom stereocenters. The van der Waals surface area contributed by atoms with Crippen LogP contribution in [0.1, 0.15) is 24.9 Å². The zero-order chi connectivity index (χ0) is 17.4. The lowest BCUT2D eigenvalue weighted by atomic mass is 10.1. The Morgan fingerprint density at radius 2 is 2.21 bits per heavy atom. The molecule has 0 saturated carbocycles. The Morgan fingerprint density at radius 3 is 2.92 bits per heavy atom. The molecule has 2 rings (SSSR count). The van der Waals surface area contributed by atoms with E-state index in [4.69, 9.17) is 11.6 Å². The van der Waals surface area contributed by atoms with Crippen LogP contribution in [0.2, 0.25) is 5.02 Å². The van der Waals surface area contributed by atoms with Crippen molar-refractivity contribution in [3.05, 3.63) is 53.1 Å². The molecule has 2 aromatic rings. The Bertz CT molecular complexity index is 672. The molecule has 0 aliphatic heterocycles. The van der Waals surface area contributed by atoms with E-state index < -0.39 is 6.55 Å². The lowest BCUT2D eigenvalue weighted by molar-refractivity contribution is 0.0671. The number of alkyl halides is 2. The van der Waals surface area contributed by atoms with Crippen LogP contribution in [0.5, 0.6) is 0 Å². The normalized spacial score (nSPS) is 11.8. The zero-order valence-corrected chi connectivity index (χ0v) is 14.1. The number of nitrogens with one attached hydrogen (secondary N) is 2. The van der Waals surface area contributed by atoms with Crippen molar-refractivity contribution in [1.82, 2.24) is 20.2 Å². The number of guanidine groups is 1. The highest BCUT2D eigenvalue weighted by atomic mass is 35.5. The molecular weight excluding hydrogens is 336 g/mol. The van der Waals surface area contributed by atoms with Gasteiger partial charge in [-0.25, -0.2) is 9.98 Å². The molecular formula is C16H20ClF2N5. The van der Waals surface area contributed by atoms with Gasteiger partial charge in [0.1, 0.15) is 12.4 Å². The van der Waals surface area contributed by atoms with Gasteiger partial charge in [0.05, 0.1) is 0 Å². The molecule has 2 N–H and O–H groups in total. The summed E-state index contributed by atoms with van der Waals surface area (Å²) in [5, 5.41) is 6.95. The van der Waals surface area contributed by atoms with Crippen molar-refractivity contribution in [2.75, 3.05) is 13.1 Å². The highest BCUT2D eigenvalue weighted by Crippen LogP contribution is 2.13. The van der Waals surface area contributed by atoms with E-state index >= 15 is 0 Å². The number of hydrogen-bond acceptors (Lipinski definition) is 2. The quantitative estimate of drug-likeness (QED) is 0.592. The van der Waals surface area contributed by atoms with Crippen LogP contribution in [-0.2, 0) is 13.0 Å². The largest absolute Gasteiger partial charge is 0.357 e. The number of halogens is 3. The highest BCUT2D eigenvalue weighted by molar-refractivity contribution is 6.30. The SMILES string of the molecule is CCNC(=NCc1nccn1C(F)F)NCCc1cccc(Cl)c1. The van der Waals surface area contributed by atoms with Crippen molar-refractivity contribution in [2.24, 2.45) is 4.99 Å². The fourth-order valence-electron chi connectivity index (χ4n) is 2.15. The first-order valence-electron chi connectivity index (χ1n) is 7.66. The van der Waals surface area contributed by atoms with Crippen LogP contribution in [0.15, 0.2) is 41.7 Å². The third kappa shape index (κ3) is 5.49. The van der Waals surface area contributed by atoms with Gasteiger partial charge in [0.2, 0.25) is 0 Å². The lowest BCUT2D eigenvalue weighted by Crippen LogP contribution is -2.38. The number of aliphatic imine (C=N–C) groups is 1. The number of hydrogen-bond donors (Lipinski definition) is 2. The van der Waals surface area contributed by atoms with Crippen LogP contribution in [0.25, 0.3) is 0 Å². The Kier molecular flexibility index (Phi) is 6.99. The average molecular weight is 356 g/mol. The van der Waals surface area contributed by atoms with E-state index in [1.54, 1.807) is 0 Å². The Hall–Kier alpha value is -2.15. The smallest absolute Gasteiger partial charge is 0.319 e. The molecule has 0 aliphatic carbocycles. The molecule has 0 radical (unpaired) electrons. The van der Waals surface area contributed by atoms with E-state index in [1.807, 2.05) is 31.2 Å². The lowest BCUT2D eigenvalue weighted by Gasteiger charge is -2.12. The second kappa shape index (κ2) is 9.22. The number of aromatic nitrogens is 2. The summed E-state index contributed by atoms with van der Waals surface area (Å²) in [6.07, 6.45) is 3.36. The Labute approximate surface area is 144 Å². The predicted molar refractivity (Wildman–Crippen MR) is 91.5 cm³/mol. The summed E-state index contributed by atoms with van der Waals surface area (Å²) in [7, 11) is 0. The fourth-order valence-corrected chi connectivity index (χ4v) is 2.37. The van der Waals surface area contributed by atoms with Gasteiger partial charge < -0.3 is 10.6 Å². The van der Waals surface area contributed by atoms with Crippen LogP contribution < -0.4 is 10.6 Å². The highest BCUT2D eigenvalue weighted by Gasteiger charge is 2.10. The van der Waals surface area contributed by atoms with Crippen LogP contribution >= 0.6 is 11.6 Å². The average Bonchev–Trinajstić information content (AvgIpc) is 3.01. The van der Waals surface area contributed by atoms with Crippen molar-refractivity contribution >= 4 is 17.6 Å². The van der Waals surface area contributed by atoms with E-state index in [0.717, 1.165) is 16.6 Å². The molecule has 0 spiro atoms. The molecule has 0 amide bonds. The van der Waals surface area contributed by atoms with E-state index in [2.05, 4.69) is 20.6 Å². The molecule has 0 bridgehead atoms. The maximum absolute atomic E-state index is 12.8. The molecule has 8 heteroatoms. The van der Waals surface area contributed by atoms with Crippen molar-refractivity contribution < 1.29 is 8.78 Å². The van der Waals surface area contributed by atoms with Gasteiger partial charge in [-0.15, -0.1) is 0 Å². The molecule has 24 heavy (non-hydrogen) atoms. The van der Waals surface area contributed by atoms with Crippen molar-refractivity contribution in [3.63, 3.8) is 0 Å². The van der Waals surface area contributed by atoms with Crippen LogP contribution in [0.4, 0.5) is 8.78 Å². The fraction of sp³-hybridized carbons (Fsp3) is 0.375. The monoisotopic (exact) mass is 355 g/mol. The minimum atomic E-state index is -2.61. The summed E-state index contributed by atoms with van der Waals surface area (Å²) in [6.45, 7) is 0.718. The molecule has 130 valence electrons. The van der Waals surface area contributed by atoms with Crippen LogP contribution in [0, 0.1) is 0 Å². The van der Waals surface area contributed by atoms with Crippen molar-refractivity contribution in [2.45, 2.75) is 26.4 Å². The first-order valence-corrected chi connectivity index (χ1v) is 8.04. The molecule has 0 fully saturated rings. The summed E-state index contributed by atoms with van der Waals surface area (Å²) in [5.74, 6) is 0.778. The first-order chi connectivity index (χ1) is 11.6. The summed E-state index contributed by atoms with van der Waals surface area (Å²) in [4.78, 5) is 8.21. The molecule has 1 aromatic carbocycles. The molecule has 0 unspecified atom stereocenters. The van der Waals surface area contributed by atoms with Crippen molar-refractivity contribution in [3.8, 4) is 0 Å². The number of imidazole rings is 1. The first kappa shape index (κ1) is 18.2. The minimum absolute atomic E-state index is 0.0733. The maximum atomic E-state index is 12.8. The Balaban J connectivity index is 1.92. The number of benzene rings is 1. The Morgan fingerprint density at radius 1 is 1.38 bits per heavy atom. The number of rotatable bonds is 7. The second-order valence-corrected chi connectivity index (χ2v) is 5.47. The van der Waals surface area contributed by atoms with Gasteiger partial charge >= 0.3 is 6.55 Å². The van der Waals surface area contributed by atoms with E-state index in [0.29, 0.717) is 24.1 Å². The van der Waals surface area contributed by atoms with Gasteiger partial charge in [-0.2, -0.15) is 8.78 Å². The summed E-state index contributed by atoms with van der Waals surface area (Å²) >= 11 is 5.96. The van der Waals surface area contributed by atoms with Gasteiger partial charge in [-0.3, -0.25) is 4.57 Å². The number of nitrogens with zero attached hydrogens (tertiary/aromatic N) is 3. The maximum Gasteiger partial charge on any atom is 0.319 e. The van der Waals surface area contributed by atoms with E-state index in [1.165, 1.54) is 12.4 Å². The van der Waals surface area contributed by atoms with Crippen molar-refractivity contribution in [1.29, 1.82) is 0 Å². The van der Waals surface area contributed by atoms with Gasteiger partial charge in [-0.1, -0.05) is 23.7 Å². The predicted octanol–water partition coefficient (Wildman–Crippen LogP) is 3.23. The summed E-state index contributed by atoms with van der Waals surface area (Å²) in [5.41, 5.74) is 1.11. The molecule has 5 nitrogen and oxygen atoms in total. The van der Waals surface area contributed by atoms with Gasteiger partial charge in [0, 0.05) is 30.5 Å². The van der Waals surface area contributed by atoms with E-state index in [-0.39, 0.29) is 12.4 Å². The molecule has 1 heterocycles. The summed E-state index contributed by atoms with van der Waals surface area (Å²) < 4.78 is 26.4.